The molecular formula is C25H39N3O2. The molecule has 4 rings (SSSR count). The number of hydrogen-bond donors (Lipinski definition) is 2. The van der Waals surface area contributed by atoms with Gasteiger partial charge in [0.25, 0.3) is 5.91 Å². The summed E-state index contributed by atoms with van der Waals surface area (Å²) < 4.78 is 0. The molecule has 1 aliphatic rings. The molecule has 5 heteroatoms. The second-order valence-corrected chi connectivity index (χ2v) is 6.21. The number of amides is 1. The third-order valence-electron chi connectivity index (χ3n) is 4.32. The minimum Gasteiger partial charge on any atom is -0.341 e. The van der Waals surface area contributed by atoms with Gasteiger partial charge >= 0.3 is 5.69 Å². The van der Waals surface area contributed by atoms with Crippen LogP contribution in [-0.4, -0.2) is 34.4 Å². The summed E-state index contributed by atoms with van der Waals surface area (Å²) in [7, 11) is 1.85. The SMILES string of the molecule is CC.CC.CC.Cc1ccc2c(c1)C(=O)N(C)CC2.Cc1cccc2[nH]c(=O)[nH]c12. The molecule has 0 radical (unpaired) electrons. The molecule has 2 aromatic carbocycles. The second-order valence-electron chi connectivity index (χ2n) is 6.21. The van der Waals surface area contributed by atoms with E-state index in [1.807, 2.05) is 86.7 Å². The van der Waals surface area contributed by atoms with Gasteiger partial charge in [-0.05, 0) is 43.5 Å². The van der Waals surface area contributed by atoms with Crippen LogP contribution in [0.4, 0.5) is 0 Å². The number of carbonyl (C=O) groups excluding carboxylic acids is 1. The predicted molar refractivity (Wildman–Crippen MR) is 130 cm³/mol. The maximum absolute atomic E-state index is 11.7. The van der Waals surface area contributed by atoms with Crippen LogP contribution in [-0.2, 0) is 6.42 Å². The molecule has 0 unspecified atom stereocenters. The molecule has 30 heavy (non-hydrogen) atoms. The van der Waals surface area contributed by atoms with Crippen molar-refractivity contribution in [3.63, 3.8) is 0 Å². The van der Waals surface area contributed by atoms with Crippen LogP contribution in [0.15, 0.2) is 41.2 Å². The first-order chi connectivity index (χ1) is 14.5. The summed E-state index contributed by atoms with van der Waals surface area (Å²) in [6, 6.07) is 11.9. The Hall–Kier alpha value is -2.82. The third kappa shape index (κ3) is 7.21. The Morgan fingerprint density at radius 1 is 0.867 bits per heavy atom. The number of aromatic nitrogens is 2. The fourth-order valence-corrected chi connectivity index (χ4v) is 2.91. The Bertz CT molecular complexity index is 954. The quantitative estimate of drug-likeness (QED) is 0.484. The fraction of sp³-hybridized carbons (Fsp3) is 0.440. The number of aromatic amines is 2. The molecular weight excluding hydrogens is 374 g/mol. The van der Waals surface area contributed by atoms with Crippen molar-refractivity contribution in [1.29, 1.82) is 0 Å². The molecule has 0 saturated carbocycles. The number of hydrogen-bond acceptors (Lipinski definition) is 2. The van der Waals surface area contributed by atoms with Gasteiger partial charge in [-0.15, -0.1) is 0 Å². The van der Waals surface area contributed by atoms with Crippen molar-refractivity contribution in [1.82, 2.24) is 14.9 Å². The largest absolute Gasteiger partial charge is 0.341 e. The van der Waals surface area contributed by atoms with E-state index < -0.39 is 0 Å². The van der Waals surface area contributed by atoms with Crippen molar-refractivity contribution < 1.29 is 4.79 Å². The van der Waals surface area contributed by atoms with E-state index in [0.29, 0.717) is 0 Å². The zero-order valence-electron chi connectivity index (χ0n) is 20.1. The van der Waals surface area contributed by atoms with Gasteiger partial charge in [0.05, 0.1) is 11.0 Å². The van der Waals surface area contributed by atoms with Gasteiger partial charge in [0, 0.05) is 19.2 Å². The van der Waals surface area contributed by atoms with E-state index in [1.54, 1.807) is 4.90 Å². The minimum atomic E-state index is -0.144. The van der Waals surface area contributed by atoms with Crippen LogP contribution in [0.1, 0.15) is 68.6 Å². The molecule has 1 aromatic heterocycles. The van der Waals surface area contributed by atoms with Crippen molar-refractivity contribution in [3.05, 3.63) is 69.1 Å². The molecule has 166 valence electrons. The van der Waals surface area contributed by atoms with Crippen LogP contribution in [0.2, 0.25) is 0 Å². The average molecular weight is 414 g/mol. The van der Waals surface area contributed by atoms with Gasteiger partial charge in [-0.1, -0.05) is 71.4 Å². The summed E-state index contributed by atoms with van der Waals surface area (Å²) in [4.78, 5) is 29.7. The van der Waals surface area contributed by atoms with Crippen LogP contribution < -0.4 is 5.69 Å². The van der Waals surface area contributed by atoms with Gasteiger partial charge in [-0.3, -0.25) is 4.79 Å². The molecule has 5 nitrogen and oxygen atoms in total. The van der Waals surface area contributed by atoms with Crippen molar-refractivity contribution >= 4 is 16.9 Å². The van der Waals surface area contributed by atoms with Crippen molar-refractivity contribution in [2.75, 3.05) is 13.6 Å². The topological polar surface area (TPSA) is 69.0 Å². The molecule has 0 atom stereocenters. The van der Waals surface area contributed by atoms with Crippen molar-refractivity contribution in [2.24, 2.45) is 0 Å². The second kappa shape index (κ2) is 14.2. The number of likely N-dealkylation sites (N-methyl/N-ethyl adjacent to an activating group) is 1. The highest BCUT2D eigenvalue weighted by atomic mass is 16.2. The monoisotopic (exact) mass is 413 g/mol. The number of H-pyrrole nitrogens is 2. The van der Waals surface area contributed by atoms with Crippen LogP contribution in [0.25, 0.3) is 11.0 Å². The predicted octanol–water partition coefficient (Wildman–Crippen LogP) is 5.87. The van der Waals surface area contributed by atoms with E-state index in [4.69, 9.17) is 0 Å². The average Bonchev–Trinajstić information content (AvgIpc) is 3.18. The molecule has 3 aromatic rings. The summed E-state index contributed by atoms with van der Waals surface area (Å²) >= 11 is 0. The summed E-state index contributed by atoms with van der Waals surface area (Å²) in [6.07, 6.45) is 0.984. The highest BCUT2D eigenvalue weighted by molar-refractivity contribution is 5.96. The normalized spacial score (nSPS) is 11.4. The number of aryl methyl sites for hydroxylation is 2. The molecule has 0 bridgehead atoms. The molecule has 0 aliphatic carbocycles. The lowest BCUT2D eigenvalue weighted by atomic mass is 9.97. The van der Waals surface area contributed by atoms with E-state index in [0.717, 1.165) is 40.7 Å². The van der Waals surface area contributed by atoms with Gasteiger partial charge in [0.2, 0.25) is 0 Å². The number of nitrogens with one attached hydrogen (secondary N) is 2. The summed E-state index contributed by atoms with van der Waals surface area (Å²) in [5.41, 5.74) is 5.94. The van der Waals surface area contributed by atoms with Crippen LogP contribution in [0, 0.1) is 13.8 Å². The number of imidazole rings is 1. The molecule has 2 N–H and O–H groups in total. The number of fused-ring (bicyclic) bond motifs is 2. The first-order valence-corrected chi connectivity index (χ1v) is 11.0. The van der Waals surface area contributed by atoms with Crippen LogP contribution >= 0.6 is 0 Å². The number of nitrogens with zero attached hydrogens (tertiary/aromatic N) is 1. The highest BCUT2D eigenvalue weighted by Gasteiger charge is 2.20. The minimum absolute atomic E-state index is 0.144. The number of benzene rings is 2. The summed E-state index contributed by atoms with van der Waals surface area (Å²) in [5.74, 6) is 0.157. The lowest BCUT2D eigenvalue weighted by Gasteiger charge is -2.24. The Morgan fingerprint density at radius 3 is 2.10 bits per heavy atom. The summed E-state index contributed by atoms with van der Waals surface area (Å²) in [6.45, 7) is 16.8. The van der Waals surface area contributed by atoms with Crippen molar-refractivity contribution in [2.45, 2.75) is 61.8 Å². The molecule has 1 aliphatic heterocycles. The number of rotatable bonds is 0. The van der Waals surface area contributed by atoms with E-state index in [1.165, 1.54) is 5.56 Å². The van der Waals surface area contributed by atoms with Gasteiger partial charge in [0.1, 0.15) is 0 Å². The van der Waals surface area contributed by atoms with Gasteiger partial charge in [-0.2, -0.15) is 0 Å². The lowest BCUT2D eigenvalue weighted by molar-refractivity contribution is 0.0781. The zero-order chi connectivity index (χ0) is 23.3. The maximum atomic E-state index is 11.7. The smallest absolute Gasteiger partial charge is 0.323 e. The molecule has 0 saturated heterocycles. The Morgan fingerprint density at radius 2 is 1.50 bits per heavy atom. The number of para-hydroxylation sites is 1. The molecule has 2 heterocycles. The van der Waals surface area contributed by atoms with Gasteiger partial charge in [0.15, 0.2) is 0 Å². The standard InChI is InChI=1S/C11H13NO.C8H8N2O.3C2H6/c1-8-3-4-9-5-6-12(2)11(13)10(9)7-8;1-5-3-2-4-6-7(5)10-8(11)9-6;3*1-2/h3-4,7H,5-6H2,1-2H3;2-4H,1H3,(H2,9,10,11);3*1-2H3. The molecule has 1 amide bonds. The maximum Gasteiger partial charge on any atom is 0.323 e. The first kappa shape index (κ1) is 27.2. The van der Waals surface area contributed by atoms with E-state index in [2.05, 4.69) is 22.1 Å². The lowest BCUT2D eigenvalue weighted by Crippen LogP contribution is -2.34. The van der Waals surface area contributed by atoms with E-state index in [9.17, 15) is 9.59 Å². The Kier molecular flexibility index (Phi) is 12.9. The molecule has 0 fully saturated rings. The van der Waals surface area contributed by atoms with E-state index in [-0.39, 0.29) is 11.6 Å². The summed E-state index contributed by atoms with van der Waals surface area (Å²) in [5, 5.41) is 0. The Balaban J connectivity index is 0.000000453. The van der Waals surface area contributed by atoms with Crippen LogP contribution in [0.3, 0.4) is 0 Å². The zero-order valence-corrected chi connectivity index (χ0v) is 20.1. The first-order valence-electron chi connectivity index (χ1n) is 11.0. The van der Waals surface area contributed by atoms with Gasteiger partial charge in [-0.25, -0.2) is 4.79 Å². The van der Waals surface area contributed by atoms with Crippen LogP contribution in [0.5, 0.6) is 0 Å². The fourth-order valence-electron chi connectivity index (χ4n) is 2.91. The number of carbonyl (C=O) groups is 1. The highest BCUT2D eigenvalue weighted by Crippen LogP contribution is 2.18. The third-order valence-corrected chi connectivity index (χ3v) is 4.32. The molecule has 0 spiro atoms. The van der Waals surface area contributed by atoms with Gasteiger partial charge < -0.3 is 14.9 Å². The van der Waals surface area contributed by atoms with E-state index >= 15 is 0 Å². The Labute approximate surface area is 181 Å². The van der Waals surface area contributed by atoms with Crippen molar-refractivity contribution in [3.8, 4) is 0 Å².